The third-order valence-corrected chi connectivity index (χ3v) is 7.91. The molecule has 0 atom stereocenters. The smallest absolute Gasteiger partial charge is 0.129 e. The van der Waals surface area contributed by atoms with Gasteiger partial charge >= 0.3 is 0 Å². The highest BCUT2D eigenvalue weighted by Gasteiger charge is 2.38. The van der Waals surface area contributed by atoms with Gasteiger partial charge in [-0.3, -0.25) is 0 Å². The molecule has 1 saturated heterocycles. The molecule has 34 heavy (non-hydrogen) atoms. The summed E-state index contributed by atoms with van der Waals surface area (Å²) in [7, 11) is 0. The van der Waals surface area contributed by atoms with Crippen molar-refractivity contribution in [3.05, 3.63) is 29.8 Å². The Balaban J connectivity index is 0.000000495. The summed E-state index contributed by atoms with van der Waals surface area (Å²) in [6.07, 6.45) is 13.8. The molecule has 3 rings (SSSR count). The molecule has 1 aliphatic carbocycles. The molecule has 0 bridgehead atoms. The highest BCUT2D eigenvalue weighted by molar-refractivity contribution is 8.00. The van der Waals surface area contributed by atoms with E-state index in [-0.39, 0.29) is 5.78 Å². The number of aryl methyl sites for hydroxylation is 1. The molecule has 0 radical (unpaired) electrons. The first-order chi connectivity index (χ1) is 16.1. The van der Waals surface area contributed by atoms with Crippen LogP contribution in [0.3, 0.4) is 0 Å². The van der Waals surface area contributed by atoms with E-state index < -0.39 is 0 Å². The second-order valence-corrected chi connectivity index (χ2v) is 12.1. The van der Waals surface area contributed by atoms with Crippen molar-refractivity contribution in [2.24, 2.45) is 5.92 Å². The highest BCUT2D eigenvalue weighted by Crippen LogP contribution is 2.42. The average Bonchev–Trinajstić information content (AvgIpc) is 3.26. The van der Waals surface area contributed by atoms with Gasteiger partial charge in [0.15, 0.2) is 0 Å². The van der Waals surface area contributed by atoms with Gasteiger partial charge in [0.1, 0.15) is 5.78 Å². The lowest BCUT2D eigenvalue weighted by atomic mass is 9.76. The van der Waals surface area contributed by atoms with Gasteiger partial charge in [0, 0.05) is 22.7 Å². The standard InChI is InChI=1S/C13H20S.C11H20O.C5H10O.C2H6/c1-5-10-13(3,4)14-12-8-6-11(2)7-9-12;1-2-10-4-7-11(8-5-10)6-3-9-12-11;1-3-4-5(2)6;1-2/h6-9H,5,10H2,1-4H3;10H,2-9H2,1H3;3-4H2,1-2H3;1-2H3. The number of thioether (sulfide) groups is 1. The van der Waals surface area contributed by atoms with Crippen molar-refractivity contribution in [2.45, 2.75) is 148 Å². The molecule has 2 nitrogen and oxygen atoms in total. The quantitative estimate of drug-likeness (QED) is 0.354. The third-order valence-electron chi connectivity index (χ3n) is 6.65. The van der Waals surface area contributed by atoms with Crippen LogP contribution >= 0.6 is 11.8 Å². The number of ether oxygens (including phenoxy) is 1. The third kappa shape index (κ3) is 14.6. The zero-order valence-electron chi connectivity index (χ0n) is 24.1. The van der Waals surface area contributed by atoms with Gasteiger partial charge in [0.05, 0.1) is 5.60 Å². The molecular weight excluding hydrogens is 436 g/mol. The molecule has 1 saturated carbocycles. The topological polar surface area (TPSA) is 26.3 Å². The average molecular weight is 493 g/mol. The number of rotatable bonds is 7. The lowest BCUT2D eigenvalue weighted by Gasteiger charge is -2.36. The summed E-state index contributed by atoms with van der Waals surface area (Å²) < 4.78 is 6.24. The molecule has 1 heterocycles. The summed E-state index contributed by atoms with van der Waals surface area (Å²) in [5.41, 5.74) is 1.69. The van der Waals surface area contributed by atoms with Crippen molar-refractivity contribution >= 4 is 17.5 Å². The van der Waals surface area contributed by atoms with Crippen LogP contribution in [0.4, 0.5) is 0 Å². The van der Waals surface area contributed by atoms with Gasteiger partial charge in [-0.05, 0) is 83.3 Å². The van der Waals surface area contributed by atoms with Gasteiger partial charge in [0.25, 0.3) is 0 Å². The van der Waals surface area contributed by atoms with E-state index in [1.807, 2.05) is 32.5 Å². The van der Waals surface area contributed by atoms with Crippen LogP contribution in [0, 0.1) is 12.8 Å². The fourth-order valence-corrected chi connectivity index (χ4v) is 5.91. The number of carbonyl (C=O) groups is 1. The summed E-state index contributed by atoms with van der Waals surface area (Å²) in [5.74, 6) is 1.29. The summed E-state index contributed by atoms with van der Waals surface area (Å²) >= 11 is 1.98. The molecule has 198 valence electrons. The van der Waals surface area contributed by atoms with Crippen LogP contribution in [0.5, 0.6) is 0 Å². The highest BCUT2D eigenvalue weighted by atomic mass is 32.2. The minimum Gasteiger partial charge on any atom is -0.375 e. The molecular formula is C31H56O2S. The molecule has 1 aromatic carbocycles. The molecule has 3 heteroatoms. The van der Waals surface area contributed by atoms with Crippen LogP contribution in [0.25, 0.3) is 0 Å². The second kappa shape index (κ2) is 18.5. The van der Waals surface area contributed by atoms with E-state index in [1.165, 1.54) is 68.2 Å². The Labute approximate surface area is 217 Å². The Bertz CT molecular complexity index is 619. The molecule has 2 aliphatic rings. The van der Waals surface area contributed by atoms with Crippen molar-refractivity contribution < 1.29 is 9.53 Å². The van der Waals surface area contributed by atoms with Crippen molar-refractivity contribution in [1.82, 2.24) is 0 Å². The number of benzene rings is 1. The summed E-state index contributed by atoms with van der Waals surface area (Å²) in [5, 5.41) is 0. The lowest BCUT2D eigenvalue weighted by molar-refractivity contribution is -0.117. The van der Waals surface area contributed by atoms with E-state index in [0.717, 1.165) is 25.4 Å². The van der Waals surface area contributed by atoms with E-state index in [1.54, 1.807) is 6.92 Å². The van der Waals surface area contributed by atoms with Crippen LogP contribution in [-0.2, 0) is 9.53 Å². The maximum atomic E-state index is 10.0. The normalized spacial score (nSPS) is 21.4. The van der Waals surface area contributed by atoms with Crippen molar-refractivity contribution in [3.63, 3.8) is 0 Å². The largest absolute Gasteiger partial charge is 0.375 e. The molecule has 0 N–H and O–H groups in total. The monoisotopic (exact) mass is 492 g/mol. The predicted molar refractivity (Wildman–Crippen MR) is 153 cm³/mol. The molecule has 1 spiro atoms. The molecule has 0 unspecified atom stereocenters. The summed E-state index contributed by atoms with van der Waals surface area (Å²) in [6.45, 7) is 20.0. The van der Waals surface area contributed by atoms with Gasteiger partial charge in [0.2, 0.25) is 0 Å². The van der Waals surface area contributed by atoms with Gasteiger partial charge in [-0.1, -0.05) is 79.0 Å². The van der Waals surface area contributed by atoms with Crippen LogP contribution in [0.2, 0.25) is 0 Å². The Morgan fingerprint density at radius 1 is 1.03 bits per heavy atom. The van der Waals surface area contributed by atoms with Crippen molar-refractivity contribution in [2.75, 3.05) is 6.61 Å². The van der Waals surface area contributed by atoms with E-state index in [0.29, 0.717) is 10.3 Å². The van der Waals surface area contributed by atoms with Crippen LogP contribution in [-0.4, -0.2) is 22.7 Å². The van der Waals surface area contributed by atoms with Crippen molar-refractivity contribution in [3.8, 4) is 0 Å². The first kappa shape index (κ1) is 33.2. The molecule has 0 amide bonds. The SMILES string of the molecule is CC.CCC1CCC2(CCCO2)CC1.CCCC(C)(C)Sc1ccc(C)cc1.CCCC(C)=O. The number of Topliss-reactive ketones (excluding diaryl/α,β-unsaturated/α-hetero) is 1. The second-order valence-electron chi connectivity index (χ2n) is 10.4. The van der Waals surface area contributed by atoms with Crippen LogP contribution in [0.1, 0.15) is 132 Å². The summed E-state index contributed by atoms with van der Waals surface area (Å²) in [6, 6.07) is 8.81. The fourth-order valence-electron chi connectivity index (χ4n) is 4.69. The maximum absolute atomic E-state index is 10.0. The Kier molecular flexibility index (Phi) is 18.0. The van der Waals surface area contributed by atoms with Crippen LogP contribution < -0.4 is 0 Å². The number of ketones is 1. The molecule has 0 aromatic heterocycles. The summed E-state index contributed by atoms with van der Waals surface area (Å²) in [4.78, 5) is 11.4. The van der Waals surface area contributed by atoms with E-state index in [2.05, 4.69) is 58.9 Å². The van der Waals surface area contributed by atoms with E-state index in [9.17, 15) is 4.79 Å². The first-order valence-corrected chi connectivity index (χ1v) is 14.9. The molecule has 2 fully saturated rings. The first-order valence-electron chi connectivity index (χ1n) is 14.0. The van der Waals surface area contributed by atoms with Crippen LogP contribution in [0.15, 0.2) is 29.2 Å². The fraction of sp³-hybridized carbons (Fsp3) is 0.774. The molecule has 1 aromatic rings. The molecule has 1 aliphatic heterocycles. The number of carbonyl (C=O) groups excluding carboxylic acids is 1. The van der Waals surface area contributed by atoms with Gasteiger partial charge in [-0.2, -0.15) is 0 Å². The van der Waals surface area contributed by atoms with E-state index in [4.69, 9.17) is 4.74 Å². The zero-order valence-corrected chi connectivity index (χ0v) is 24.9. The zero-order chi connectivity index (χ0) is 26.0. The minimum absolute atomic E-state index is 0.289. The Morgan fingerprint density at radius 2 is 1.62 bits per heavy atom. The van der Waals surface area contributed by atoms with E-state index >= 15 is 0 Å². The van der Waals surface area contributed by atoms with Gasteiger partial charge < -0.3 is 9.53 Å². The maximum Gasteiger partial charge on any atom is 0.129 e. The van der Waals surface area contributed by atoms with Crippen molar-refractivity contribution in [1.29, 1.82) is 0 Å². The lowest BCUT2D eigenvalue weighted by Crippen LogP contribution is -2.33. The Hall–Kier alpha value is -0.800. The number of hydrogen-bond donors (Lipinski definition) is 0. The number of hydrogen-bond acceptors (Lipinski definition) is 3. The predicted octanol–water partition coefficient (Wildman–Crippen LogP) is 10.2. The Morgan fingerprint density at radius 3 is 2.00 bits per heavy atom. The minimum atomic E-state index is 0.289. The van der Waals surface area contributed by atoms with Gasteiger partial charge in [-0.15, -0.1) is 11.8 Å². The van der Waals surface area contributed by atoms with Gasteiger partial charge in [-0.25, -0.2) is 0 Å².